The van der Waals surface area contributed by atoms with Crippen LogP contribution in [0.15, 0.2) is 18.3 Å². The van der Waals surface area contributed by atoms with E-state index in [1.807, 2.05) is 12.1 Å². The molecule has 4 heteroatoms. The average Bonchev–Trinajstić information content (AvgIpc) is 2.38. The molecule has 17 heavy (non-hydrogen) atoms. The summed E-state index contributed by atoms with van der Waals surface area (Å²) in [7, 11) is 1.60. The summed E-state index contributed by atoms with van der Waals surface area (Å²) in [5, 5.41) is 10.7. The Morgan fingerprint density at radius 2 is 2.47 bits per heavy atom. The quantitative estimate of drug-likeness (QED) is 0.872. The van der Waals surface area contributed by atoms with Crippen LogP contribution in [0.3, 0.4) is 0 Å². The summed E-state index contributed by atoms with van der Waals surface area (Å²) in [5.41, 5.74) is -0.296. The van der Waals surface area contributed by atoms with Crippen molar-refractivity contribution in [3.63, 3.8) is 0 Å². The van der Waals surface area contributed by atoms with Crippen LogP contribution >= 0.6 is 0 Å². The number of ether oxygens (including phenoxy) is 2. The predicted octanol–water partition coefficient (Wildman–Crippen LogP) is 1.87. The fourth-order valence-corrected chi connectivity index (χ4v) is 2.31. The van der Waals surface area contributed by atoms with Crippen LogP contribution in [0.1, 0.15) is 31.9 Å². The van der Waals surface area contributed by atoms with Crippen LogP contribution in [0.2, 0.25) is 0 Å². The molecule has 0 aliphatic carbocycles. The van der Waals surface area contributed by atoms with Crippen molar-refractivity contribution in [3.8, 4) is 5.75 Å². The maximum absolute atomic E-state index is 10.7. The van der Waals surface area contributed by atoms with E-state index < -0.39 is 5.60 Å². The Labute approximate surface area is 102 Å². The molecule has 1 fully saturated rings. The van der Waals surface area contributed by atoms with Gasteiger partial charge in [-0.05, 0) is 18.6 Å². The maximum atomic E-state index is 10.7. The SMILES string of the molecule is CCC1CC(O)(c2ncccc2OC)CCO1. The van der Waals surface area contributed by atoms with Crippen LogP contribution in [0, 0.1) is 0 Å². The van der Waals surface area contributed by atoms with Gasteiger partial charge < -0.3 is 14.6 Å². The summed E-state index contributed by atoms with van der Waals surface area (Å²) < 4.78 is 10.9. The highest BCUT2D eigenvalue weighted by atomic mass is 16.5. The summed E-state index contributed by atoms with van der Waals surface area (Å²) in [6.45, 7) is 2.63. The largest absolute Gasteiger partial charge is 0.495 e. The summed E-state index contributed by atoms with van der Waals surface area (Å²) in [4.78, 5) is 4.28. The maximum Gasteiger partial charge on any atom is 0.143 e. The van der Waals surface area contributed by atoms with E-state index in [0.717, 1.165) is 6.42 Å². The van der Waals surface area contributed by atoms with Crippen molar-refractivity contribution in [2.24, 2.45) is 0 Å². The normalized spacial score (nSPS) is 29.0. The van der Waals surface area contributed by atoms with Crippen LogP contribution in [0.25, 0.3) is 0 Å². The lowest BCUT2D eigenvalue weighted by atomic mass is 9.85. The van der Waals surface area contributed by atoms with Gasteiger partial charge in [-0.1, -0.05) is 6.92 Å². The van der Waals surface area contributed by atoms with Crippen molar-refractivity contribution in [2.75, 3.05) is 13.7 Å². The monoisotopic (exact) mass is 237 g/mol. The van der Waals surface area contributed by atoms with Crippen LogP contribution in [0.4, 0.5) is 0 Å². The zero-order valence-corrected chi connectivity index (χ0v) is 10.3. The average molecular weight is 237 g/mol. The van der Waals surface area contributed by atoms with Crippen LogP contribution < -0.4 is 4.74 Å². The Hall–Kier alpha value is -1.13. The molecule has 0 aromatic carbocycles. The van der Waals surface area contributed by atoms with Gasteiger partial charge in [0.2, 0.25) is 0 Å². The summed E-state index contributed by atoms with van der Waals surface area (Å²) in [6.07, 6.45) is 3.83. The molecule has 0 radical (unpaired) electrons. The molecule has 1 aromatic heterocycles. The molecule has 2 heterocycles. The summed E-state index contributed by atoms with van der Waals surface area (Å²) in [5.74, 6) is 0.645. The summed E-state index contributed by atoms with van der Waals surface area (Å²) in [6, 6.07) is 3.64. The molecule has 1 aliphatic heterocycles. The molecule has 0 amide bonds. The zero-order valence-electron chi connectivity index (χ0n) is 10.3. The minimum Gasteiger partial charge on any atom is -0.495 e. The Kier molecular flexibility index (Phi) is 3.64. The fourth-order valence-electron chi connectivity index (χ4n) is 2.31. The number of methoxy groups -OCH3 is 1. The van der Waals surface area contributed by atoms with Crippen molar-refractivity contribution in [1.29, 1.82) is 0 Å². The lowest BCUT2D eigenvalue weighted by Gasteiger charge is -2.36. The van der Waals surface area contributed by atoms with Crippen molar-refractivity contribution >= 4 is 0 Å². The van der Waals surface area contributed by atoms with Gasteiger partial charge in [-0.2, -0.15) is 0 Å². The van der Waals surface area contributed by atoms with Gasteiger partial charge in [0.1, 0.15) is 17.0 Å². The second kappa shape index (κ2) is 5.02. The lowest BCUT2D eigenvalue weighted by Crippen LogP contribution is -2.39. The van der Waals surface area contributed by atoms with E-state index in [0.29, 0.717) is 30.9 Å². The van der Waals surface area contributed by atoms with Gasteiger partial charge in [-0.25, -0.2) is 0 Å². The Bertz CT molecular complexity index is 383. The number of nitrogens with zero attached hydrogens (tertiary/aromatic N) is 1. The van der Waals surface area contributed by atoms with E-state index >= 15 is 0 Å². The van der Waals surface area contributed by atoms with Gasteiger partial charge in [-0.3, -0.25) is 4.98 Å². The number of aromatic nitrogens is 1. The third kappa shape index (κ3) is 2.42. The standard InChI is InChI=1S/C13H19NO3/c1-3-10-9-13(15,6-8-17-10)12-11(16-2)5-4-7-14-12/h4-5,7,10,15H,3,6,8-9H2,1-2H3. The number of aliphatic hydroxyl groups is 1. The molecular weight excluding hydrogens is 218 g/mol. The highest BCUT2D eigenvalue weighted by Crippen LogP contribution is 2.38. The van der Waals surface area contributed by atoms with Crippen LogP contribution in [0.5, 0.6) is 5.75 Å². The van der Waals surface area contributed by atoms with Gasteiger partial charge in [0.15, 0.2) is 0 Å². The van der Waals surface area contributed by atoms with Crippen molar-refractivity contribution in [2.45, 2.75) is 37.9 Å². The topological polar surface area (TPSA) is 51.6 Å². The summed E-state index contributed by atoms with van der Waals surface area (Å²) >= 11 is 0. The molecule has 4 nitrogen and oxygen atoms in total. The molecule has 2 rings (SSSR count). The van der Waals surface area contributed by atoms with E-state index in [2.05, 4.69) is 11.9 Å². The minimum atomic E-state index is -0.925. The predicted molar refractivity (Wildman–Crippen MR) is 64.0 cm³/mol. The first kappa shape index (κ1) is 12.3. The molecule has 2 atom stereocenters. The zero-order chi connectivity index (χ0) is 12.3. The highest BCUT2D eigenvalue weighted by Gasteiger charge is 2.39. The van der Waals surface area contributed by atoms with Gasteiger partial charge in [0.05, 0.1) is 19.8 Å². The van der Waals surface area contributed by atoms with E-state index in [1.54, 1.807) is 13.3 Å². The lowest BCUT2D eigenvalue weighted by molar-refractivity contribution is -0.111. The van der Waals surface area contributed by atoms with E-state index in [-0.39, 0.29) is 6.10 Å². The van der Waals surface area contributed by atoms with Crippen molar-refractivity contribution in [1.82, 2.24) is 4.98 Å². The smallest absolute Gasteiger partial charge is 0.143 e. The first-order chi connectivity index (χ1) is 8.19. The molecule has 0 spiro atoms. The first-order valence-corrected chi connectivity index (χ1v) is 6.03. The first-order valence-electron chi connectivity index (χ1n) is 6.03. The van der Waals surface area contributed by atoms with E-state index in [9.17, 15) is 5.11 Å². The highest BCUT2D eigenvalue weighted by molar-refractivity contribution is 5.32. The number of pyridine rings is 1. The van der Waals surface area contributed by atoms with E-state index in [1.165, 1.54) is 0 Å². The molecule has 0 saturated carbocycles. The van der Waals surface area contributed by atoms with Gasteiger partial charge in [0, 0.05) is 19.0 Å². The Balaban J connectivity index is 2.30. The molecule has 1 saturated heterocycles. The molecule has 1 N–H and O–H groups in total. The van der Waals surface area contributed by atoms with Crippen molar-refractivity contribution in [3.05, 3.63) is 24.0 Å². The fraction of sp³-hybridized carbons (Fsp3) is 0.615. The van der Waals surface area contributed by atoms with Crippen LogP contribution in [-0.4, -0.2) is 29.9 Å². The molecule has 0 bridgehead atoms. The van der Waals surface area contributed by atoms with Gasteiger partial charge in [0.25, 0.3) is 0 Å². The third-order valence-corrected chi connectivity index (χ3v) is 3.32. The van der Waals surface area contributed by atoms with Gasteiger partial charge in [-0.15, -0.1) is 0 Å². The van der Waals surface area contributed by atoms with Crippen molar-refractivity contribution < 1.29 is 14.6 Å². The number of rotatable bonds is 3. The number of hydrogen-bond donors (Lipinski definition) is 1. The molecule has 2 unspecified atom stereocenters. The Morgan fingerprint density at radius 3 is 3.18 bits per heavy atom. The molecule has 1 aliphatic rings. The second-order valence-electron chi connectivity index (χ2n) is 4.44. The Morgan fingerprint density at radius 1 is 1.65 bits per heavy atom. The minimum absolute atomic E-state index is 0.0977. The molecular formula is C13H19NO3. The van der Waals surface area contributed by atoms with E-state index in [4.69, 9.17) is 9.47 Å². The molecule has 1 aromatic rings. The second-order valence-corrected chi connectivity index (χ2v) is 4.44. The molecule has 94 valence electrons. The third-order valence-electron chi connectivity index (χ3n) is 3.32. The van der Waals surface area contributed by atoms with Gasteiger partial charge >= 0.3 is 0 Å². The number of hydrogen-bond acceptors (Lipinski definition) is 4. The van der Waals surface area contributed by atoms with Crippen LogP contribution in [-0.2, 0) is 10.3 Å².